The molecule has 0 saturated carbocycles. The highest BCUT2D eigenvalue weighted by Crippen LogP contribution is 2.22. The quantitative estimate of drug-likeness (QED) is 0.516. The second-order valence-electron chi connectivity index (χ2n) is 3.78. The van der Waals surface area contributed by atoms with E-state index in [1.54, 1.807) is 11.6 Å². The van der Waals surface area contributed by atoms with E-state index in [1.165, 1.54) is 0 Å². The first kappa shape index (κ1) is 14.5. The van der Waals surface area contributed by atoms with Crippen LogP contribution < -0.4 is 10.1 Å². The van der Waals surface area contributed by atoms with E-state index in [-0.39, 0.29) is 0 Å². The maximum atomic E-state index is 5.99. The number of halogens is 1. The molecule has 0 unspecified atom stereocenters. The number of benzene rings is 1. The van der Waals surface area contributed by atoms with E-state index < -0.39 is 0 Å². The van der Waals surface area contributed by atoms with E-state index in [2.05, 4.69) is 17.0 Å². The van der Waals surface area contributed by atoms with Gasteiger partial charge in [0.2, 0.25) is 0 Å². The molecule has 98 valence electrons. The first-order valence-electron chi connectivity index (χ1n) is 5.74. The molecule has 0 aromatic heterocycles. The van der Waals surface area contributed by atoms with E-state index in [1.807, 2.05) is 32.2 Å². The number of nitrogens with one attached hydrogen (secondary N) is 1. The van der Waals surface area contributed by atoms with Gasteiger partial charge in [0.1, 0.15) is 5.75 Å². The van der Waals surface area contributed by atoms with Crippen molar-refractivity contribution in [3.05, 3.63) is 28.8 Å². The molecule has 0 amide bonds. The van der Waals surface area contributed by atoms with Crippen molar-refractivity contribution >= 4 is 24.3 Å². The van der Waals surface area contributed by atoms with Gasteiger partial charge in [0, 0.05) is 17.3 Å². The van der Waals surface area contributed by atoms with Crippen LogP contribution in [0.15, 0.2) is 23.2 Å². The van der Waals surface area contributed by atoms with Crippen molar-refractivity contribution in [2.24, 2.45) is 4.99 Å². The molecule has 1 N–H and O–H groups in total. The van der Waals surface area contributed by atoms with Crippen molar-refractivity contribution in [2.45, 2.75) is 13.5 Å². The fourth-order valence-electron chi connectivity index (χ4n) is 1.54. The minimum atomic E-state index is 0.586. The van der Waals surface area contributed by atoms with Gasteiger partial charge >= 0.3 is 5.96 Å². The van der Waals surface area contributed by atoms with Gasteiger partial charge in [-0.3, -0.25) is 5.32 Å². The van der Waals surface area contributed by atoms with Crippen LogP contribution in [0.3, 0.4) is 0 Å². The third-order valence-corrected chi connectivity index (χ3v) is 2.57. The van der Waals surface area contributed by atoms with E-state index in [0.29, 0.717) is 24.1 Å². The minimum absolute atomic E-state index is 0.586. The highest BCUT2D eigenvalue weighted by Gasteiger charge is 2.10. The summed E-state index contributed by atoms with van der Waals surface area (Å²) < 4.78 is 7.22. The topological polar surface area (TPSA) is 36.6 Å². The summed E-state index contributed by atoms with van der Waals surface area (Å²) in [6.45, 7) is 6.94. The SMILES string of the molecule is C=[N+](C)C(=NC)NCc1cc(Cl)ccc1OCC. The average molecular weight is 269 g/mol. The molecular formula is C13H19ClN3O+. The lowest BCUT2D eigenvalue weighted by atomic mass is 10.2. The van der Waals surface area contributed by atoms with Crippen LogP contribution in [-0.2, 0) is 6.54 Å². The first-order valence-corrected chi connectivity index (χ1v) is 6.12. The zero-order chi connectivity index (χ0) is 13.5. The van der Waals surface area contributed by atoms with Crippen molar-refractivity contribution in [2.75, 3.05) is 20.7 Å². The normalized spacial score (nSPS) is 11.2. The van der Waals surface area contributed by atoms with Crippen LogP contribution in [0.2, 0.25) is 5.02 Å². The summed E-state index contributed by atoms with van der Waals surface area (Å²) in [6.07, 6.45) is 0. The van der Waals surface area contributed by atoms with Crippen molar-refractivity contribution in [1.29, 1.82) is 0 Å². The Morgan fingerprint density at radius 2 is 2.28 bits per heavy atom. The lowest BCUT2D eigenvalue weighted by Crippen LogP contribution is -2.31. The molecule has 1 aromatic rings. The molecule has 5 heteroatoms. The molecule has 0 fully saturated rings. The summed E-state index contributed by atoms with van der Waals surface area (Å²) in [5.74, 6) is 1.54. The van der Waals surface area contributed by atoms with Crippen LogP contribution in [0.4, 0.5) is 0 Å². The Bertz CT molecular complexity index is 458. The molecular weight excluding hydrogens is 250 g/mol. The molecule has 0 aliphatic rings. The molecule has 0 saturated heterocycles. The Kier molecular flexibility index (Phi) is 5.65. The van der Waals surface area contributed by atoms with Crippen molar-refractivity contribution < 1.29 is 9.31 Å². The maximum Gasteiger partial charge on any atom is 0.385 e. The lowest BCUT2D eigenvalue weighted by Gasteiger charge is -2.10. The molecule has 0 aliphatic carbocycles. The highest BCUT2D eigenvalue weighted by atomic mass is 35.5. The van der Waals surface area contributed by atoms with Gasteiger partial charge in [-0.25, -0.2) is 4.58 Å². The predicted octanol–water partition coefficient (Wildman–Crippen LogP) is 2.16. The van der Waals surface area contributed by atoms with Gasteiger partial charge < -0.3 is 4.74 Å². The van der Waals surface area contributed by atoms with Crippen LogP contribution in [-0.4, -0.2) is 38.0 Å². The third-order valence-electron chi connectivity index (χ3n) is 2.33. The van der Waals surface area contributed by atoms with Gasteiger partial charge in [0.15, 0.2) is 0 Å². The summed E-state index contributed by atoms with van der Waals surface area (Å²) >= 11 is 5.99. The van der Waals surface area contributed by atoms with E-state index in [9.17, 15) is 0 Å². The average Bonchev–Trinajstić information content (AvgIpc) is 2.33. The number of nitrogens with zero attached hydrogens (tertiary/aromatic N) is 2. The largest absolute Gasteiger partial charge is 0.493 e. The Morgan fingerprint density at radius 3 is 2.83 bits per heavy atom. The zero-order valence-electron chi connectivity index (χ0n) is 11.0. The number of guanidine groups is 1. The third kappa shape index (κ3) is 4.04. The van der Waals surface area contributed by atoms with Gasteiger partial charge in [-0.05, 0) is 25.1 Å². The molecule has 4 nitrogen and oxygen atoms in total. The molecule has 0 atom stereocenters. The van der Waals surface area contributed by atoms with Crippen LogP contribution in [0.5, 0.6) is 5.75 Å². The molecule has 0 spiro atoms. The fraction of sp³-hybridized carbons (Fsp3) is 0.385. The smallest absolute Gasteiger partial charge is 0.385 e. The molecule has 0 bridgehead atoms. The molecule has 1 rings (SSSR count). The van der Waals surface area contributed by atoms with Crippen molar-refractivity contribution in [1.82, 2.24) is 5.32 Å². The predicted molar refractivity (Wildman–Crippen MR) is 76.1 cm³/mol. The number of rotatable bonds is 4. The fourth-order valence-corrected chi connectivity index (χ4v) is 1.74. The van der Waals surface area contributed by atoms with Gasteiger partial charge in [0.25, 0.3) is 0 Å². The van der Waals surface area contributed by atoms with Gasteiger partial charge in [-0.1, -0.05) is 11.6 Å². The summed E-state index contributed by atoms with van der Waals surface area (Å²) in [5, 5.41) is 3.87. The highest BCUT2D eigenvalue weighted by molar-refractivity contribution is 6.30. The molecule has 18 heavy (non-hydrogen) atoms. The number of hydrogen-bond donors (Lipinski definition) is 1. The molecule has 0 aliphatic heterocycles. The van der Waals surface area contributed by atoms with Crippen molar-refractivity contribution in [3.63, 3.8) is 0 Å². The Balaban J connectivity index is 2.82. The Hall–Kier alpha value is -1.55. The first-order chi connectivity index (χ1) is 8.58. The second-order valence-corrected chi connectivity index (χ2v) is 4.22. The Morgan fingerprint density at radius 1 is 1.56 bits per heavy atom. The number of hydrogen-bond acceptors (Lipinski definition) is 2. The maximum absolute atomic E-state index is 5.99. The van der Waals surface area contributed by atoms with Gasteiger partial charge in [-0.15, -0.1) is 4.99 Å². The summed E-state index contributed by atoms with van der Waals surface area (Å²) in [4.78, 5) is 4.10. The zero-order valence-corrected chi connectivity index (χ0v) is 11.8. The monoisotopic (exact) mass is 268 g/mol. The van der Waals surface area contributed by atoms with Crippen LogP contribution >= 0.6 is 11.6 Å². The standard InChI is InChI=1S/C13H19ClN3O/c1-5-18-12-7-6-11(14)8-10(12)9-16-13(15-2)17(3)4/h6-8H,3,5,9H2,1-2,4H3,(H,15,16)/q+1. The number of aliphatic imine (C=N–C) groups is 1. The molecule has 1 aromatic carbocycles. The van der Waals surface area contributed by atoms with Crippen LogP contribution in [0.25, 0.3) is 0 Å². The van der Waals surface area contributed by atoms with E-state index in [4.69, 9.17) is 16.3 Å². The van der Waals surface area contributed by atoms with Crippen molar-refractivity contribution in [3.8, 4) is 5.75 Å². The summed E-state index contributed by atoms with van der Waals surface area (Å²) in [5.41, 5.74) is 0.993. The second kappa shape index (κ2) is 7.01. The minimum Gasteiger partial charge on any atom is -0.493 e. The Labute approximate surface area is 113 Å². The van der Waals surface area contributed by atoms with Gasteiger partial charge in [-0.2, -0.15) is 0 Å². The van der Waals surface area contributed by atoms with E-state index in [0.717, 1.165) is 11.3 Å². The van der Waals surface area contributed by atoms with E-state index >= 15 is 0 Å². The number of ether oxygens (including phenoxy) is 1. The van der Waals surface area contributed by atoms with Crippen LogP contribution in [0, 0.1) is 0 Å². The van der Waals surface area contributed by atoms with Crippen LogP contribution in [0.1, 0.15) is 12.5 Å². The summed E-state index contributed by atoms with van der Waals surface area (Å²) in [6, 6.07) is 5.58. The lowest BCUT2D eigenvalue weighted by molar-refractivity contribution is -0.365. The summed E-state index contributed by atoms with van der Waals surface area (Å²) in [7, 11) is 3.54. The molecule has 0 radical (unpaired) electrons. The van der Waals surface area contributed by atoms with Gasteiger partial charge in [0.05, 0.1) is 27.2 Å². The molecule has 0 heterocycles.